The normalized spacial score (nSPS) is 15.6. The van der Waals surface area contributed by atoms with Crippen molar-refractivity contribution in [3.63, 3.8) is 0 Å². The zero-order chi connectivity index (χ0) is 8.85. The molecule has 0 saturated heterocycles. The van der Waals surface area contributed by atoms with Crippen LogP contribution >= 0.6 is 0 Å². The molecule has 0 aliphatic carbocycles. The van der Waals surface area contributed by atoms with E-state index in [4.69, 9.17) is 0 Å². The molecule has 1 unspecified atom stereocenters. The molecule has 0 radical (unpaired) electrons. The van der Waals surface area contributed by atoms with Crippen molar-refractivity contribution in [3.8, 4) is 0 Å². The van der Waals surface area contributed by atoms with E-state index in [1.807, 2.05) is 7.05 Å². The summed E-state index contributed by atoms with van der Waals surface area (Å²) in [6.45, 7) is 8.93. The van der Waals surface area contributed by atoms with Gasteiger partial charge in [0.05, 0.1) is 0 Å². The Kier molecular flexibility index (Phi) is 5.18. The van der Waals surface area contributed by atoms with E-state index < -0.39 is 0 Å². The van der Waals surface area contributed by atoms with Crippen LogP contribution in [0.1, 0.15) is 40.5 Å². The van der Waals surface area contributed by atoms with Crippen LogP contribution in [0.25, 0.3) is 0 Å². The smallest absolute Gasteiger partial charge is 0.0276 e. The maximum Gasteiger partial charge on any atom is 0.0276 e. The van der Waals surface area contributed by atoms with Crippen LogP contribution < -0.4 is 0 Å². The number of hydrogen-bond acceptors (Lipinski definition) is 1. The summed E-state index contributed by atoms with van der Waals surface area (Å²) in [5.41, 5.74) is 1.37. The predicted octanol–water partition coefficient (Wildman–Crippen LogP) is 3.15. The molecular weight excluding hydrogens is 134 g/mol. The fourth-order valence-corrected chi connectivity index (χ4v) is 1.63. The topological polar surface area (TPSA) is 12.4 Å². The first kappa shape index (κ1) is 10.7. The van der Waals surface area contributed by atoms with Gasteiger partial charge in [0.25, 0.3) is 0 Å². The molecule has 0 spiro atoms. The highest BCUT2D eigenvalue weighted by molar-refractivity contribution is 5.88. The highest BCUT2D eigenvalue weighted by Gasteiger charge is 2.11. The van der Waals surface area contributed by atoms with Crippen molar-refractivity contribution in [2.45, 2.75) is 40.5 Å². The van der Waals surface area contributed by atoms with Gasteiger partial charge in [-0.05, 0) is 18.3 Å². The monoisotopic (exact) mass is 155 g/mol. The fourth-order valence-electron chi connectivity index (χ4n) is 1.63. The number of nitrogens with zero attached hydrogens (tertiary/aromatic N) is 1. The van der Waals surface area contributed by atoms with Gasteiger partial charge in [-0.15, -0.1) is 0 Å². The van der Waals surface area contributed by atoms with E-state index in [2.05, 4.69) is 32.7 Å². The Morgan fingerprint density at radius 1 is 1.27 bits per heavy atom. The summed E-state index contributed by atoms with van der Waals surface area (Å²) in [7, 11) is 1.90. The molecule has 0 aromatic rings. The minimum atomic E-state index is 0.613. The highest BCUT2D eigenvalue weighted by Crippen LogP contribution is 2.13. The van der Waals surface area contributed by atoms with Crippen molar-refractivity contribution in [2.75, 3.05) is 7.05 Å². The summed E-state index contributed by atoms with van der Waals surface area (Å²) >= 11 is 0. The molecule has 0 saturated carbocycles. The van der Waals surface area contributed by atoms with Crippen molar-refractivity contribution < 1.29 is 0 Å². The van der Waals surface area contributed by atoms with Crippen molar-refractivity contribution in [2.24, 2.45) is 16.8 Å². The second-order valence-electron chi connectivity index (χ2n) is 3.49. The van der Waals surface area contributed by atoms with Gasteiger partial charge >= 0.3 is 0 Å². The molecule has 0 heterocycles. The van der Waals surface area contributed by atoms with Crippen molar-refractivity contribution in [1.82, 2.24) is 0 Å². The molecule has 1 heteroatoms. The minimum Gasteiger partial charge on any atom is -0.297 e. The Labute approximate surface area is 70.9 Å². The van der Waals surface area contributed by atoms with Crippen molar-refractivity contribution in [3.05, 3.63) is 0 Å². The fraction of sp³-hybridized carbons (Fsp3) is 0.900. The van der Waals surface area contributed by atoms with Crippen molar-refractivity contribution in [1.29, 1.82) is 0 Å². The van der Waals surface area contributed by atoms with Crippen LogP contribution in [0.5, 0.6) is 0 Å². The Balaban J connectivity index is 4.04. The molecule has 0 aliphatic heterocycles. The summed E-state index contributed by atoms with van der Waals surface area (Å²) < 4.78 is 0. The number of aliphatic imine (C=N–C) groups is 1. The molecule has 66 valence electrons. The average Bonchev–Trinajstić information content (AvgIpc) is 1.88. The third kappa shape index (κ3) is 3.54. The van der Waals surface area contributed by atoms with Gasteiger partial charge in [0.15, 0.2) is 0 Å². The lowest BCUT2D eigenvalue weighted by Crippen LogP contribution is -2.17. The third-order valence-electron chi connectivity index (χ3n) is 2.08. The van der Waals surface area contributed by atoms with Gasteiger partial charge in [0, 0.05) is 12.8 Å². The van der Waals surface area contributed by atoms with E-state index in [0.717, 1.165) is 0 Å². The van der Waals surface area contributed by atoms with Gasteiger partial charge in [-0.1, -0.05) is 34.1 Å². The Morgan fingerprint density at radius 2 is 1.82 bits per heavy atom. The summed E-state index contributed by atoms with van der Waals surface area (Å²) in [6.07, 6.45) is 2.53. The zero-order valence-corrected chi connectivity index (χ0v) is 8.52. The van der Waals surface area contributed by atoms with Crippen LogP contribution in [0.4, 0.5) is 0 Å². The van der Waals surface area contributed by atoms with E-state index in [1.165, 1.54) is 18.6 Å². The first-order valence-corrected chi connectivity index (χ1v) is 4.60. The second kappa shape index (κ2) is 5.34. The van der Waals surface area contributed by atoms with E-state index >= 15 is 0 Å². The number of hydrogen-bond donors (Lipinski definition) is 0. The molecule has 0 aromatic heterocycles. The molecule has 0 amide bonds. The maximum absolute atomic E-state index is 4.32. The summed E-state index contributed by atoms with van der Waals surface area (Å²) in [6, 6.07) is 0. The van der Waals surface area contributed by atoms with Gasteiger partial charge < -0.3 is 0 Å². The van der Waals surface area contributed by atoms with Crippen LogP contribution in [0.2, 0.25) is 0 Å². The Morgan fingerprint density at radius 3 is 2.09 bits per heavy atom. The molecule has 1 atom stereocenters. The quantitative estimate of drug-likeness (QED) is 0.553. The Bertz CT molecular complexity index is 125. The lowest BCUT2D eigenvalue weighted by atomic mass is 9.92. The first-order chi connectivity index (χ1) is 5.13. The largest absolute Gasteiger partial charge is 0.297 e. The Hall–Kier alpha value is -0.330. The second-order valence-corrected chi connectivity index (χ2v) is 3.49. The number of rotatable bonds is 4. The molecule has 0 aromatic carbocycles. The van der Waals surface area contributed by atoms with Crippen molar-refractivity contribution >= 4 is 5.71 Å². The van der Waals surface area contributed by atoms with Gasteiger partial charge in [-0.2, -0.15) is 0 Å². The van der Waals surface area contributed by atoms with Crippen LogP contribution in [0.3, 0.4) is 0 Å². The zero-order valence-electron chi connectivity index (χ0n) is 8.52. The molecule has 0 bridgehead atoms. The molecule has 0 N–H and O–H groups in total. The van der Waals surface area contributed by atoms with Gasteiger partial charge in [-0.3, -0.25) is 4.99 Å². The lowest BCUT2D eigenvalue weighted by Gasteiger charge is -2.16. The molecular formula is C10H21N. The molecule has 0 fully saturated rings. The maximum atomic E-state index is 4.32. The average molecular weight is 155 g/mol. The van der Waals surface area contributed by atoms with Crippen LogP contribution in [0.15, 0.2) is 4.99 Å². The van der Waals surface area contributed by atoms with E-state index in [0.29, 0.717) is 11.8 Å². The highest BCUT2D eigenvalue weighted by atomic mass is 14.7. The summed E-state index contributed by atoms with van der Waals surface area (Å²) in [4.78, 5) is 4.32. The molecule has 11 heavy (non-hydrogen) atoms. The van der Waals surface area contributed by atoms with E-state index in [-0.39, 0.29) is 0 Å². The SMILES string of the molecule is CCCC(C)C(=NC)C(C)C. The standard InChI is InChI=1S/C10H21N/c1-6-7-9(4)10(11-5)8(2)3/h8-9H,6-7H2,1-5H3. The van der Waals surface area contributed by atoms with Crippen LogP contribution in [-0.4, -0.2) is 12.8 Å². The molecule has 0 aliphatic rings. The first-order valence-electron chi connectivity index (χ1n) is 4.60. The molecule has 1 nitrogen and oxygen atoms in total. The van der Waals surface area contributed by atoms with Crippen LogP contribution in [-0.2, 0) is 0 Å². The van der Waals surface area contributed by atoms with Gasteiger partial charge in [-0.25, -0.2) is 0 Å². The van der Waals surface area contributed by atoms with E-state index in [1.54, 1.807) is 0 Å². The summed E-state index contributed by atoms with van der Waals surface area (Å²) in [5, 5.41) is 0. The van der Waals surface area contributed by atoms with Gasteiger partial charge in [0.2, 0.25) is 0 Å². The van der Waals surface area contributed by atoms with Crippen LogP contribution in [0, 0.1) is 11.8 Å². The third-order valence-corrected chi connectivity index (χ3v) is 2.08. The summed E-state index contributed by atoms with van der Waals surface area (Å²) in [5.74, 6) is 1.28. The lowest BCUT2D eigenvalue weighted by molar-refractivity contribution is 0.632. The van der Waals surface area contributed by atoms with Gasteiger partial charge in [0.1, 0.15) is 0 Å². The van der Waals surface area contributed by atoms with E-state index in [9.17, 15) is 0 Å². The molecule has 0 rings (SSSR count). The minimum absolute atomic E-state index is 0.613. The predicted molar refractivity (Wildman–Crippen MR) is 52.3 cm³/mol.